The number of methoxy groups -OCH3 is 1. The zero-order chi connectivity index (χ0) is 13.4. The van der Waals surface area contributed by atoms with Crippen LogP contribution in [-0.4, -0.2) is 13.1 Å². The van der Waals surface area contributed by atoms with Crippen LogP contribution in [0.4, 0.5) is 5.00 Å². The fourth-order valence-corrected chi connectivity index (χ4v) is 3.80. The van der Waals surface area contributed by atoms with Gasteiger partial charge in [-0.25, -0.2) is 4.79 Å². The second-order valence-corrected chi connectivity index (χ2v) is 5.78. The van der Waals surface area contributed by atoms with Crippen LogP contribution in [0.2, 0.25) is 0 Å². The Hall–Kier alpha value is -1.81. The summed E-state index contributed by atoms with van der Waals surface area (Å²) in [5.74, 6) is -0.341. The van der Waals surface area contributed by atoms with Crippen molar-refractivity contribution in [3.05, 3.63) is 40.3 Å². The Bertz CT molecular complexity index is 646. The normalized spacial score (nSPS) is 13.3. The average molecular weight is 273 g/mol. The van der Waals surface area contributed by atoms with Crippen LogP contribution in [-0.2, 0) is 17.6 Å². The van der Waals surface area contributed by atoms with Crippen LogP contribution in [0, 0.1) is 0 Å². The van der Waals surface area contributed by atoms with Crippen molar-refractivity contribution in [2.45, 2.75) is 19.3 Å². The van der Waals surface area contributed by atoms with Gasteiger partial charge in [0, 0.05) is 10.4 Å². The standard InChI is InChI=1S/C15H15NO2S/c1-18-15(17)13-12-10-7-3-2-5-9(10)6-4-8-11(12)19-14(13)16/h2-3,5,7H,4,6,8,16H2,1H3. The third-order valence-electron chi connectivity index (χ3n) is 3.53. The fourth-order valence-electron chi connectivity index (χ4n) is 2.68. The summed E-state index contributed by atoms with van der Waals surface area (Å²) in [6, 6.07) is 8.23. The van der Waals surface area contributed by atoms with Crippen molar-refractivity contribution < 1.29 is 9.53 Å². The molecule has 1 aliphatic rings. The summed E-state index contributed by atoms with van der Waals surface area (Å²) in [7, 11) is 1.40. The van der Waals surface area contributed by atoms with Crippen LogP contribution in [0.5, 0.6) is 0 Å². The molecule has 0 atom stereocenters. The number of carbonyl (C=O) groups is 1. The van der Waals surface area contributed by atoms with Crippen molar-refractivity contribution in [3.63, 3.8) is 0 Å². The maximum Gasteiger partial charge on any atom is 0.341 e. The van der Waals surface area contributed by atoms with Gasteiger partial charge in [0.05, 0.1) is 7.11 Å². The molecule has 4 heteroatoms. The van der Waals surface area contributed by atoms with Gasteiger partial charge in [-0.15, -0.1) is 11.3 Å². The van der Waals surface area contributed by atoms with Crippen molar-refractivity contribution in [2.24, 2.45) is 0 Å². The molecular weight excluding hydrogens is 258 g/mol. The molecule has 3 nitrogen and oxygen atoms in total. The topological polar surface area (TPSA) is 52.3 Å². The van der Waals surface area contributed by atoms with Crippen molar-refractivity contribution in [1.29, 1.82) is 0 Å². The van der Waals surface area contributed by atoms with E-state index < -0.39 is 0 Å². The van der Waals surface area contributed by atoms with Crippen molar-refractivity contribution in [3.8, 4) is 11.1 Å². The van der Waals surface area contributed by atoms with E-state index in [4.69, 9.17) is 10.5 Å². The molecule has 2 aromatic rings. The quantitative estimate of drug-likeness (QED) is 0.811. The summed E-state index contributed by atoms with van der Waals surface area (Å²) in [5.41, 5.74) is 9.96. The van der Waals surface area contributed by atoms with Gasteiger partial charge in [-0.2, -0.15) is 0 Å². The first-order chi connectivity index (χ1) is 9.22. The monoisotopic (exact) mass is 273 g/mol. The van der Waals surface area contributed by atoms with Gasteiger partial charge in [0.2, 0.25) is 0 Å². The Balaban J connectivity index is 2.30. The number of anilines is 1. The first kappa shape index (κ1) is 12.2. The SMILES string of the molecule is COC(=O)c1c(N)sc2c1-c1ccccc1CCC2. The van der Waals surface area contributed by atoms with Crippen LogP contribution in [0.1, 0.15) is 27.2 Å². The minimum atomic E-state index is -0.341. The molecule has 1 aliphatic carbocycles. The highest BCUT2D eigenvalue weighted by molar-refractivity contribution is 7.17. The molecule has 0 spiro atoms. The molecule has 1 heterocycles. The Kier molecular flexibility index (Phi) is 3.03. The molecule has 0 bridgehead atoms. The van der Waals surface area contributed by atoms with Gasteiger partial charge in [-0.1, -0.05) is 24.3 Å². The molecular formula is C15H15NO2S. The molecule has 1 aromatic heterocycles. The molecule has 0 saturated heterocycles. The lowest BCUT2D eigenvalue weighted by Crippen LogP contribution is -2.05. The van der Waals surface area contributed by atoms with Gasteiger partial charge < -0.3 is 10.5 Å². The summed E-state index contributed by atoms with van der Waals surface area (Å²) in [5, 5.41) is 0.563. The first-order valence-corrected chi connectivity index (χ1v) is 7.11. The lowest BCUT2D eigenvalue weighted by Gasteiger charge is -2.08. The number of rotatable bonds is 1. The number of hydrogen-bond acceptors (Lipinski definition) is 4. The van der Waals surface area contributed by atoms with Crippen LogP contribution in [0.25, 0.3) is 11.1 Å². The first-order valence-electron chi connectivity index (χ1n) is 6.30. The average Bonchev–Trinajstić information content (AvgIpc) is 2.64. The minimum absolute atomic E-state index is 0.341. The number of nitrogens with two attached hydrogens (primary N) is 1. The second-order valence-electron chi connectivity index (χ2n) is 4.64. The number of benzene rings is 1. The van der Waals surface area contributed by atoms with Gasteiger partial charge in [-0.3, -0.25) is 0 Å². The highest BCUT2D eigenvalue weighted by Gasteiger charge is 2.26. The van der Waals surface area contributed by atoms with Crippen LogP contribution in [0.3, 0.4) is 0 Å². The maximum atomic E-state index is 12.0. The Morgan fingerprint density at radius 3 is 2.89 bits per heavy atom. The molecule has 3 rings (SSSR count). The Morgan fingerprint density at radius 2 is 2.11 bits per heavy atom. The summed E-state index contributed by atoms with van der Waals surface area (Å²) in [6.07, 6.45) is 3.10. The zero-order valence-corrected chi connectivity index (χ0v) is 11.5. The van der Waals surface area contributed by atoms with E-state index in [2.05, 4.69) is 12.1 Å². The zero-order valence-electron chi connectivity index (χ0n) is 10.7. The van der Waals surface area contributed by atoms with E-state index in [-0.39, 0.29) is 5.97 Å². The number of aryl methyl sites for hydroxylation is 2. The Morgan fingerprint density at radius 1 is 1.32 bits per heavy atom. The van der Waals surface area contributed by atoms with Crippen molar-refractivity contribution in [2.75, 3.05) is 12.8 Å². The maximum absolute atomic E-state index is 12.0. The summed E-state index contributed by atoms with van der Waals surface area (Å²) >= 11 is 1.51. The lowest BCUT2D eigenvalue weighted by atomic mass is 9.97. The number of ether oxygens (including phenoxy) is 1. The number of hydrogen-bond donors (Lipinski definition) is 1. The van der Waals surface area contributed by atoms with E-state index in [0.29, 0.717) is 10.6 Å². The number of fused-ring (bicyclic) bond motifs is 3. The van der Waals surface area contributed by atoms with E-state index >= 15 is 0 Å². The lowest BCUT2D eigenvalue weighted by molar-refractivity contribution is 0.0603. The van der Waals surface area contributed by atoms with Crippen LogP contribution < -0.4 is 5.73 Å². The van der Waals surface area contributed by atoms with Gasteiger partial charge in [0.15, 0.2) is 0 Å². The molecule has 0 amide bonds. The molecule has 0 aliphatic heterocycles. The highest BCUT2D eigenvalue weighted by Crippen LogP contribution is 2.43. The third-order valence-corrected chi connectivity index (χ3v) is 4.61. The van der Waals surface area contributed by atoms with E-state index in [0.717, 1.165) is 30.4 Å². The summed E-state index contributed by atoms with van der Waals surface area (Å²) < 4.78 is 4.89. The number of thiophene rings is 1. The second kappa shape index (κ2) is 4.70. The fraction of sp³-hybridized carbons (Fsp3) is 0.267. The van der Waals surface area contributed by atoms with E-state index in [9.17, 15) is 4.79 Å². The molecule has 2 N–H and O–H groups in total. The molecule has 0 radical (unpaired) electrons. The largest absolute Gasteiger partial charge is 0.465 e. The van der Waals surface area contributed by atoms with Gasteiger partial charge >= 0.3 is 5.97 Å². The van der Waals surface area contributed by atoms with Crippen LogP contribution >= 0.6 is 11.3 Å². The number of carbonyl (C=O) groups excluding carboxylic acids is 1. The number of nitrogen functional groups attached to an aromatic ring is 1. The molecule has 98 valence electrons. The summed E-state index contributed by atoms with van der Waals surface area (Å²) in [6.45, 7) is 0. The van der Waals surface area contributed by atoms with Gasteiger partial charge in [-0.05, 0) is 30.4 Å². The predicted octanol–water partition coefficient (Wildman–Crippen LogP) is 3.27. The molecule has 0 saturated carbocycles. The van der Waals surface area contributed by atoms with Gasteiger partial charge in [0.25, 0.3) is 0 Å². The van der Waals surface area contributed by atoms with Gasteiger partial charge in [0.1, 0.15) is 10.6 Å². The van der Waals surface area contributed by atoms with Crippen LogP contribution in [0.15, 0.2) is 24.3 Å². The summed E-state index contributed by atoms with van der Waals surface area (Å²) in [4.78, 5) is 13.2. The van der Waals surface area contributed by atoms with Crippen molar-refractivity contribution >= 4 is 22.3 Å². The molecule has 1 aromatic carbocycles. The third kappa shape index (κ3) is 1.92. The Labute approximate surface area is 116 Å². The van der Waals surface area contributed by atoms with Crippen molar-refractivity contribution in [1.82, 2.24) is 0 Å². The number of esters is 1. The highest BCUT2D eigenvalue weighted by atomic mass is 32.1. The smallest absolute Gasteiger partial charge is 0.341 e. The predicted molar refractivity (Wildman–Crippen MR) is 77.5 cm³/mol. The van der Waals surface area contributed by atoms with E-state index in [1.807, 2.05) is 12.1 Å². The molecule has 19 heavy (non-hydrogen) atoms. The minimum Gasteiger partial charge on any atom is -0.465 e. The molecule has 0 fully saturated rings. The molecule has 0 unspecified atom stereocenters. The van der Waals surface area contributed by atoms with E-state index in [1.165, 1.54) is 28.9 Å². The van der Waals surface area contributed by atoms with E-state index in [1.54, 1.807) is 0 Å².